The monoisotopic (exact) mass is 550 g/mol. The minimum absolute atomic E-state index is 0.00189. The lowest BCUT2D eigenvalue weighted by Gasteiger charge is -2.24. The molecule has 0 saturated heterocycles. The predicted molar refractivity (Wildman–Crippen MR) is 144 cm³/mol. The van der Waals surface area contributed by atoms with Gasteiger partial charge in [-0.15, -0.1) is 0 Å². The Morgan fingerprint density at radius 1 is 0.525 bits per heavy atom. The number of benzene rings is 5. The van der Waals surface area contributed by atoms with Crippen molar-refractivity contribution in [1.82, 2.24) is 0 Å². The predicted octanol–water partition coefficient (Wildman–Crippen LogP) is 2.91. The van der Waals surface area contributed by atoms with E-state index in [4.69, 9.17) is 28.4 Å². The fourth-order valence-corrected chi connectivity index (χ4v) is 5.49. The van der Waals surface area contributed by atoms with Gasteiger partial charge in [0, 0.05) is 44.5 Å². The molecular formula is C28H22O12. The van der Waals surface area contributed by atoms with E-state index >= 15 is 0 Å². The first-order valence-corrected chi connectivity index (χ1v) is 11.6. The number of phenols is 2. The van der Waals surface area contributed by atoms with Crippen LogP contribution in [0.5, 0.6) is 34.5 Å². The Labute approximate surface area is 224 Å². The van der Waals surface area contributed by atoms with Gasteiger partial charge in [-0.05, 0) is 0 Å². The van der Waals surface area contributed by atoms with Crippen LogP contribution in [0.3, 0.4) is 0 Å². The summed E-state index contributed by atoms with van der Waals surface area (Å²) in [5.74, 6) is -4.19. The van der Waals surface area contributed by atoms with Gasteiger partial charge >= 0.3 is 11.9 Å². The molecule has 0 unspecified atom stereocenters. The van der Waals surface area contributed by atoms with E-state index in [0.717, 1.165) is 26.4 Å². The topological polar surface area (TPSA) is 164 Å². The number of ether oxygens (including phenoxy) is 6. The molecule has 0 aliphatic rings. The van der Waals surface area contributed by atoms with Gasteiger partial charge in [-0.1, -0.05) is 0 Å². The van der Waals surface area contributed by atoms with Crippen molar-refractivity contribution in [2.24, 2.45) is 0 Å². The average molecular weight is 550 g/mol. The average Bonchev–Trinajstić information content (AvgIpc) is 2.95. The molecule has 5 aromatic rings. The zero-order valence-corrected chi connectivity index (χ0v) is 22.1. The van der Waals surface area contributed by atoms with Crippen LogP contribution in [0.4, 0.5) is 0 Å². The van der Waals surface area contributed by atoms with Gasteiger partial charge in [-0.25, -0.2) is 9.59 Å². The first-order chi connectivity index (χ1) is 19.1. The van der Waals surface area contributed by atoms with Gasteiger partial charge in [0.15, 0.2) is 33.9 Å². The summed E-state index contributed by atoms with van der Waals surface area (Å²) in [5.41, 5.74) is -2.14. The first-order valence-electron chi connectivity index (χ1n) is 11.6. The van der Waals surface area contributed by atoms with Gasteiger partial charge in [0.2, 0.25) is 0 Å². The van der Waals surface area contributed by atoms with E-state index in [1.807, 2.05) is 0 Å². The Hall–Kier alpha value is -5.26. The van der Waals surface area contributed by atoms with Gasteiger partial charge in [-0.3, -0.25) is 9.59 Å². The van der Waals surface area contributed by atoms with E-state index < -0.39 is 45.8 Å². The van der Waals surface area contributed by atoms with E-state index in [1.165, 1.54) is 28.4 Å². The van der Waals surface area contributed by atoms with Crippen LogP contribution in [-0.4, -0.2) is 64.8 Å². The van der Waals surface area contributed by atoms with Crippen LogP contribution in [0.25, 0.3) is 43.1 Å². The SMILES string of the molecule is COC(=O)c1c(OC)c(O)c2c(=O)cc(OC)c3c4c(OC)cc(=O)c5c(O)c(OC)c(C(=O)OC)c(c1c23)c54. The third-order valence-electron chi connectivity index (χ3n) is 6.99. The van der Waals surface area contributed by atoms with Crippen LogP contribution in [0.2, 0.25) is 0 Å². The van der Waals surface area contributed by atoms with Gasteiger partial charge < -0.3 is 38.6 Å². The normalized spacial score (nSPS) is 11.3. The van der Waals surface area contributed by atoms with Crippen LogP contribution >= 0.6 is 0 Å². The number of hydrogen-bond acceptors (Lipinski definition) is 12. The summed E-state index contributed by atoms with van der Waals surface area (Å²) < 4.78 is 31.9. The Kier molecular flexibility index (Phi) is 6.05. The highest BCUT2D eigenvalue weighted by molar-refractivity contribution is 6.42. The van der Waals surface area contributed by atoms with Gasteiger partial charge in [0.25, 0.3) is 0 Å². The number of hydrogen-bond donors (Lipinski definition) is 2. The molecule has 0 fully saturated rings. The highest BCUT2D eigenvalue weighted by Crippen LogP contribution is 2.55. The van der Waals surface area contributed by atoms with Crippen molar-refractivity contribution in [3.8, 4) is 34.5 Å². The third-order valence-corrected chi connectivity index (χ3v) is 6.99. The highest BCUT2D eigenvalue weighted by atomic mass is 16.5. The molecular weight excluding hydrogens is 528 g/mol. The molecule has 0 saturated carbocycles. The maximum atomic E-state index is 13.4. The van der Waals surface area contributed by atoms with Crippen LogP contribution in [0, 0.1) is 0 Å². The summed E-state index contributed by atoms with van der Waals surface area (Å²) in [7, 11) is 7.11. The minimum atomic E-state index is -1.00. The van der Waals surface area contributed by atoms with Crippen LogP contribution in [0.15, 0.2) is 21.7 Å². The second-order valence-corrected chi connectivity index (χ2v) is 8.65. The fraction of sp³-hybridized carbons (Fsp3) is 0.214. The molecule has 206 valence electrons. The first kappa shape index (κ1) is 26.4. The third kappa shape index (κ3) is 3.12. The number of carbonyl (C=O) groups is 2. The van der Waals surface area contributed by atoms with Crippen LogP contribution < -0.4 is 29.8 Å². The molecule has 40 heavy (non-hydrogen) atoms. The maximum Gasteiger partial charge on any atom is 0.342 e. The van der Waals surface area contributed by atoms with E-state index in [1.54, 1.807) is 0 Å². The Balaban J connectivity index is 2.45. The summed E-state index contributed by atoms with van der Waals surface area (Å²) in [6.07, 6.45) is 0. The molecule has 0 aromatic heterocycles. The number of carbonyl (C=O) groups excluding carboxylic acids is 2. The molecule has 0 bridgehead atoms. The molecule has 5 rings (SSSR count). The quantitative estimate of drug-likeness (QED) is 0.181. The van der Waals surface area contributed by atoms with Crippen molar-refractivity contribution in [3.05, 3.63) is 43.7 Å². The summed E-state index contributed by atoms with van der Waals surface area (Å²) in [6.45, 7) is 0. The van der Waals surface area contributed by atoms with E-state index in [-0.39, 0.29) is 65.7 Å². The molecule has 5 aromatic carbocycles. The number of esters is 2. The largest absolute Gasteiger partial charge is 0.504 e. The van der Waals surface area contributed by atoms with Crippen molar-refractivity contribution in [2.45, 2.75) is 0 Å². The fourth-order valence-electron chi connectivity index (χ4n) is 5.49. The van der Waals surface area contributed by atoms with Gasteiger partial charge in [0.1, 0.15) is 22.6 Å². The van der Waals surface area contributed by atoms with E-state index in [9.17, 15) is 29.4 Å². The molecule has 0 atom stereocenters. The molecule has 12 heteroatoms. The van der Waals surface area contributed by atoms with Crippen molar-refractivity contribution in [2.75, 3.05) is 42.7 Å². The highest BCUT2D eigenvalue weighted by Gasteiger charge is 2.36. The number of phenolic OH excluding ortho intramolecular Hbond substituents is 2. The van der Waals surface area contributed by atoms with Crippen LogP contribution in [0.1, 0.15) is 20.7 Å². The molecule has 0 radical (unpaired) electrons. The smallest absolute Gasteiger partial charge is 0.342 e. The summed E-state index contributed by atoms with van der Waals surface area (Å²) >= 11 is 0. The second kappa shape index (κ2) is 9.19. The molecule has 0 amide bonds. The Morgan fingerprint density at radius 3 is 1.15 bits per heavy atom. The molecule has 2 N–H and O–H groups in total. The molecule has 0 aliphatic carbocycles. The lowest BCUT2D eigenvalue weighted by Crippen LogP contribution is -2.14. The Morgan fingerprint density at radius 2 is 0.875 bits per heavy atom. The van der Waals surface area contributed by atoms with Crippen molar-refractivity contribution in [1.29, 1.82) is 0 Å². The zero-order valence-electron chi connectivity index (χ0n) is 22.1. The van der Waals surface area contributed by atoms with Crippen molar-refractivity contribution in [3.63, 3.8) is 0 Å². The second-order valence-electron chi connectivity index (χ2n) is 8.65. The number of aromatic hydroxyl groups is 2. The zero-order chi connectivity index (χ0) is 29.2. The standard InChI is InChI=1S/C28H22O12/c1-35-11-7-9(29)13-17-15(11)16-12(36-2)8-10(30)14-18(16)20(22(28(34)40-6)26(38-4)24(14)32)19(17)21(27(33)39-5)25(37-3)23(13)31/h7-8,31-32H,1-6H3. The van der Waals surface area contributed by atoms with Crippen molar-refractivity contribution < 1.29 is 48.2 Å². The number of rotatable bonds is 6. The summed E-state index contributed by atoms with van der Waals surface area (Å²) in [4.78, 5) is 53.5. The van der Waals surface area contributed by atoms with Crippen molar-refractivity contribution >= 4 is 55.0 Å². The summed E-state index contributed by atoms with van der Waals surface area (Å²) in [5, 5.41) is 22.0. The lowest BCUT2D eigenvalue weighted by molar-refractivity contribution is 0.0588. The number of fused-ring (bicyclic) bond motifs is 2. The molecule has 12 nitrogen and oxygen atoms in total. The van der Waals surface area contributed by atoms with Gasteiger partial charge in [-0.2, -0.15) is 0 Å². The van der Waals surface area contributed by atoms with Gasteiger partial charge in [0.05, 0.1) is 53.4 Å². The number of methoxy groups -OCH3 is 6. The summed E-state index contributed by atoms with van der Waals surface area (Å²) in [6, 6.07) is 2.23. The molecule has 0 spiro atoms. The lowest BCUT2D eigenvalue weighted by atomic mass is 9.83. The van der Waals surface area contributed by atoms with E-state index in [0.29, 0.717) is 0 Å². The van der Waals surface area contributed by atoms with Crippen LogP contribution in [-0.2, 0) is 9.47 Å². The maximum absolute atomic E-state index is 13.4. The molecule has 0 aliphatic heterocycles. The molecule has 0 heterocycles. The Bertz CT molecular complexity index is 1870. The minimum Gasteiger partial charge on any atom is -0.504 e. The van der Waals surface area contributed by atoms with E-state index in [2.05, 4.69) is 0 Å².